The molecule has 3 nitrogen and oxygen atoms in total. The summed E-state index contributed by atoms with van der Waals surface area (Å²) in [5.74, 6) is 6.04. The largest absolute Gasteiger partial charge is 0.373 e. The third-order valence-electron chi connectivity index (χ3n) is 2.93. The van der Waals surface area contributed by atoms with E-state index in [1.54, 1.807) is 0 Å². The Morgan fingerprint density at radius 3 is 2.45 bits per heavy atom. The molecule has 0 aromatic rings. The predicted octanol–water partition coefficient (Wildman–Crippen LogP) is 0.407. The summed E-state index contributed by atoms with van der Waals surface area (Å²) in [6.07, 6.45) is 6.16. The minimum Gasteiger partial charge on any atom is -0.373 e. The predicted molar refractivity (Wildman–Crippen MR) is 42.8 cm³/mol. The molecule has 0 amide bonds. The van der Waals surface area contributed by atoms with Crippen LogP contribution in [0.15, 0.2) is 0 Å². The van der Waals surface area contributed by atoms with E-state index in [0.29, 0.717) is 12.2 Å². The lowest BCUT2D eigenvalue weighted by Crippen LogP contribution is -2.47. The summed E-state index contributed by atoms with van der Waals surface area (Å²) in [4.78, 5) is 0. The summed E-state index contributed by atoms with van der Waals surface area (Å²) < 4.78 is 5.78. The first-order valence-corrected chi connectivity index (χ1v) is 4.49. The highest BCUT2D eigenvalue weighted by molar-refractivity contribution is 4.85. The minimum absolute atomic E-state index is 0.396. The lowest BCUT2D eigenvalue weighted by Gasteiger charge is -2.42. The van der Waals surface area contributed by atoms with Gasteiger partial charge in [0.05, 0.1) is 12.2 Å². The summed E-state index contributed by atoms with van der Waals surface area (Å²) in [5.41, 5.74) is 2.70. The van der Waals surface area contributed by atoms with Crippen LogP contribution in [0, 0.1) is 5.92 Å². The molecule has 3 aliphatic rings. The van der Waals surface area contributed by atoms with Crippen LogP contribution >= 0.6 is 0 Å². The highest BCUT2D eigenvalue weighted by Crippen LogP contribution is 2.36. The second-order valence-corrected chi connectivity index (χ2v) is 3.62. The van der Waals surface area contributed by atoms with Crippen LogP contribution in [0.1, 0.15) is 25.7 Å². The quantitative estimate of drug-likeness (QED) is 0.449. The zero-order valence-electron chi connectivity index (χ0n) is 6.75. The normalized spacial score (nSPS) is 42.8. The average Bonchev–Trinajstić information content (AvgIpc) is 2.07. The van der Waals surface area contributed by atoms with Crippen LogP contribution < -0.4 is 11.3 Å². The van der Waals surface area contributed by atoms with Gasteiger partial charge >= 0.3 is 0 Å². The van der Waals surface area contributed by atoms with Crippen molar-refractivity contribution in [1.82, 2.24) is 5.43 Å². The molecule has 2 bridgehead atoms. The van der Waals surface area contributed by atoms with Gasteiger partial charge in [-0.15, -0.1) is 0 Å². The molecule has 3 rings (SSSR count). The molecule has 1 atom stereocenters. The maximum Gasteiger partial charge on any atom is 0.0745 e. The van der Waals surface area contributed by atoms with E-state index >= 15 is 0 Å². The van der Waals surface area contributed by atoms with Gasteiger partial charge in [0.2, 0.25) is 0 Å². The van der Waals surface area contributed by atoms with E-state index in [0.717, 1.165) is 12.5 Å². The topological polar surface area (TPSA) is 47.3 Å². The molecular formula is C8H16N2O. The summed E-state index contributed by atoms with van der Waals surface area (Å²) in [6.45, 7) is 0.821. The van der Waals surface area contributed by atoms with Crippen LogP contribution in [0.2, 0.25) is 0 Å². The molecule has 3 N–H and O–H groups in total. The van der Waals surface area contributed by atoms with E-state index in [1.165, 1.54) is 25.7 Å². The molecular weight excluding hydrogens is 140 g/mol. The van der Waals surface area contributed by atoms with Crippen molar-refractivity contribution >= 4 is 0 Å². The Morgan fingerprint density at radius 1 is 1.27 bits per heavy atom. The van der Waals surface area contributed by atoms with Crippen molar-refractivity contribution in [2.45, 2.75) is 37.9 Å². The van der Waals surface area contributed by atoms with Crippen molar-refractivity contribution < 1.29 is 4.74 Å². The molecule has 3 heteroatoms. The van der Waals surface area contributed by atoms with Crippen molar-refractivity contribution in [2.24, 2.45) is 11.8 Å². The van der Waals surface area contributed by atoms with Gasteiger partial charge in [-0.1, -0.05) is 0 Å². The summed E-state index contributed by atoms with van der Waals surface area (Å²) in [5, 5.41) is 0. The van der Waals surface area contributed by atoms with Crippen molar-refractivity contribution in [1.29, 1.82) is 0 Å². The van der Waals surface area contributed by atoms with Gasteiger partial charge < -0.3 is 4.74 Å². The number of hydrogen-bond donors (Lipinski definition) is 2. The molecule has 2 saturated heterocycles. The van der Waals surface area contributed by atoms with Crippen molar-refractivity contribution in [3.63, 3.8) is 0 Å². The molecule has 1 unspecified atom stereocenters. The Hall–Kier alpha value is -0.120. The Balaban J connectivity index is 1.92. The SMILES string of the molecule is NNCC1OC2CCC1CC2. The standard InChI is InChI=1S/C8H16N2O/c9-10-5-8-6-1-3-7(11-8)4-2-6/h6-8,10H,1-5,9H2. The molecule has 0 aromatic carbocycles. The molecule has 0 aromatic heterocycles. The fourth-order valence-electron chi connectivity index (χ4n) is 2.29. The Morgan fingerprint density at radius 2 is 2.00 bits per heavy atom. The van der Waals surface area contributed by atoms with Gasteiger partial charge in [-0.25, -0.2) is 0 Å². The third kappa shape index (κ3) is 1.41. The fraction of sp³-hybridized carbons (Fsp3) is 1.00. The van der Waals surface area contributed by atoms with Gasteiger partial charge in [-0.3, -0.25) is 11.3 Å². The van der Waals surface area contributed by atoms with Gasteiger partial charge in [0.1, 0.15) is 0 Å². The van der Waals surface area contributed by atoms with Crippen molar-refractivity contribution in [3.05, 3.63) is 0 Å². The molecule has 0 radical (unpaired) electrons. The van der Waals surface area contributed by atoms with Crippen molar-refractivity contribution in [3.8, 4) is 0 Å². The van der Waals surface area contributed by atoms with Gasteiger partial charge in [0.15, 0.2) is 0 Å². The van der Waals surface area contributed by atoms with Crippen molar-refractivity contribution in [2.75, 3.05) is 6.54 Å². The lowest BCUT2D eigenvalue weighted by atomic mass is 9.80. The second kappa shape index (κ2) is 3.09. The smallest absolute Gasteiger partial charge is 0.0745 e. The monoisotopic (exact) mass is 156 g/mol. The maximum absolute atomic E-state index is 5.78. The molecule has 3 fully saturated rings. The van der Waals surface area contributed by atoms with Crippen LogP contribution in [0.4, 0.5) is 0 Å². The average molecular weight is 156 g/mol. The van der Waals surface area contributed by atoms with E-state index in [1.807, 2.05) is 0 Å². The van der Waals surface area contributed by atoms with Crippen LogP contribution in [0.3, 0.4) is 0 Å². The molecule has 1 aliphatic carbocycles. The number of hydrazine groups is 1. The fourth-order valence-corrected chi connectivity index (χ4v) is 2.29. The molecule has 1 saturated carbocycles. The zero-order valence-corrected chi connectivity index (χ0v) is 6.75. The van der Waals surface area contributed by atoms with E-state index in [4.69, 9.17) is 10.6 Å². The molecule has 0 spiro atoms. The maximum atomic E-state index is 5.78. The number of nitrogens with two attached hydrogens (primary N) is 1. The van der Waals surface area contributed by atoms with Gasteiger partial charge in [-0.2, -0.15) is 0 Å². The number of fused-ring (bicyclic) bond motifs is 3. The Labute approximate surface area is 67.3 Å². The first-order chi connectivity index (χ1) is 5.40. The van der Waals surface area contributed by atoms with Crippen LogP contribution in [-0.2, 0) is 4.74 Å². The van der Waals surface area contributed by atoms with Gasteiger partial charge in [0, 0.05) is 6.54 Å². The van der Waals surface area contributed by atoms with Crippen LogP contribution in [0.5, 0.6) is 0 Å². The van der Waals surface area contributed by atoms with Crippen LogP contribution in [0.25, 0.3) is 0 Å². The number of ether oxygens (including phenoxy) is 1. The van der Waals surface area contributed by atoms with Gasteiger partial charge in [0.25, 0.3) is 0 Å². The van der Waals surface area contributed by atoms with Crippen LogP contribution in [-0.4, -0.2) is 18.8 Å². The summed E-state index contributed by atoms with van der Waals surface area (Å²) in [6, 6.07) is 0. The molecule has 2 aliphatic heterocycles. The van der Waals surface area contributed by atoms with E-state index in [9.17, 15) is 0 Å². The highest BCUT2D eigenvalue weighted by Gasteiger charge is 2.35. The summed E-state index contributed by atoms with van der Waals surface area (Å²) in [7, 11) is 0. The highest BCUT2D eigenvalue weighted by atomic mass is 16.5. The number of nitrogens with one attached hydrogen (secondary N) is 1. The lowest BCUT2D eigenvalue weighted by molar-refractivity contribution is -0.122. The number of rotatable bonds is 2. The van der Waals surface area contributed by atoms with E-state index in [-0.39, 0.29) is 0 Å². The molecule has 64 valence electrons. The third-order valence-corrected chi connectivity index (χ3v) is 2.93. The first kappa shape index (κ1) is 7.53. The summed E-state index contributed by atoms with van der Waals surface area (Å²) >= 11 is 0. The Bertz CT molecular complexity index is 132. The first-order valence-electron chi connectivity index (χ1n) is 4.49. The zero-order chi connectivity index (χ0) is 7.68. The van der Waals surface area contributed by atoms with E-state index < -0.39 is 0 Å². The van der Waals surface area contributed by atoms with Gasteiger partial charge in [-0.05, 0) is 31.6 Å². The second-order valence-electron chi connectivity index (χ2n) is 3.62. The molecule has 11 heavy (non-hydrogen) atoms. The van der Waals surface area contributed by atoms with E-state index in [2.05, 4.69) is 5.43 Å². The minimum atomic E-state index is 0.396. The molecule has 2 heterocycles. The number of hydrogen-bond acceptors (Lipinski definition) is 3. The Kier molecular flexibility index (Phi) is 2.11.